The Morgan fingerprint density at radius 3 is 2.69 bits per heavy atom. The molecule has 1 aromatic carbocycles. The van der Waals surface area contributed by atoms with Gasteiger partial charge in [-0.2, -0.15) is 0 Å². The summed E-state index contributed by atoms with van der Waals surface area (Å²) >= 11 is 0. The van der Waals surface area contributed by atoms with Gasteiger partial charge >= 0.3 is 0 Å². The Morgan fingerprint density at radius 1 is 1.62 bits per heavy atom. The predicted molar refractivity (Wildman–Crippen MR) is 61.0 cm³/mol. The summed E-state index contributed by atoms with van der Waals surface area (Å²) in [6, 6.07) is 3.18. The lowest BCUT2D eigenvalue weighted by Gasteiger charge is -2.12. The summed E-state index contributed by atoms with van der Waals surface area (Å²) in [5.74, 6) is 5.31. The molecule has 0 aliphatic carbocycles. The van der Waals surface area contributed by atoms with Crippen LogP contribution in [-0.2, 0) is 6.42 Å². The zero-order chi connectivity index (χ0) is 12.3. The highest BCUT2D eigenvalue weighted by Crippen LogP contribution is 2.29. The van der Waals surface area contributed by atoms with Gasteiger partial charge in [0.05, 0.1) is 22.3 Å². The molecule has 0 radical (unpaired) electrons. The fraction of sp³-hybridized carbons (Fsp3) is 0.400. The Kier molecular flexibility index (Phi) is 3.81. The lowest BCUT2D eigenvalue weighted by molar-refractivity contribution is -0.385. The van der Waals surface area contributed by atoms with Crippen molar-refractivity contribution in [2.75, 3.05) is 5.43 Å². The molecular formula is C10H15N3O3. The fourth-order valence-corrected chi connectivity index (χ4v) is 1.60. The smallest absolute Gasteiger partial charge is 0.275 e. The number of aryl methyl sites for hydroxylation is 1. The summed E-state index contributed by atoms with van der Waals surface area (Å²) in [7, 11) is 0. The quantitative estimate of drug-likeness (QED) is 0.405. The van der Waals surface area contributed by atoms with Crippen molar-refractivity contribution < 1.29 is 10.0 Å². The molecule has 88 valence electrons. The largest absolute Gasteiger partial charge is 0.393 e. The Bertz CT molecular complexity index is 405. The minimum Gasteiger partial charge on any atom is -0.393 e. The predicted octanol–water partition coefficient (Wildman–Crippen LogP) is 1.11. The van der Waals surface area contributed by atoms with E-state index in [2.05, 4.69) is 5.43 Å². The van der Waals surface area contributed by atoms with Crippen LogP contribution in [0.25, 0.3) is 0 Å². The third kappa shape index (κ3) is 2.68. The van der Waals surface area contributed by atoms with Crippen molar-refractivity contribution in [1.29, 1.82) is 0 Å². The molecule has 6 nitrogen and oxygen atoms in total. The molecule has 1 atom stereocenters. The number of nitrogens with zero attached hydrogens (tertiary/aromatic N) is 1. The second-order valence-electron chi connectivity index (χ2n) is 3.76. The van der Waals surface area contributed by atoms with Crippen LogP contribution in [0.3, 0.4) is 0 Å². The summed E-state index contributed by atoms with van der Waals surface area (Å²) in [6.07, 6.45) is -0.468. The first-order valence-corrected chi connectivity index (χ1v) is 4.88. The normalized spacial score (nSPS) is 12.2. The molecule has 0 saturated carbocycles. The molecule has 6 heteroatoms. The van der Waals surface area contributed by atoms with E-state index in [1.165, 1.54) is 6.07 Å². The summed E-state index contributed by atoms with van der Waals surface area (Å²) in [5, 5.41) is 20.2. The average molecular weight is 225 g/mol. The van der Waals surface area contributed by atoms with Crippen molar-refractivity contribution >= 4 is 11.4 Å². The van der Waals surface area contributed by atoms with Gasteiger partial charge in [0.25, 0.3) is 5.69 Å². The molecule has 0 amide bonds. The number of nitrogens with two attached hydrogens (primary N) is 1. The van der Waals surface area contributed by atoms with E-state index in [1.807, 2.05) is 0 Å². The third-order valence-electron chi connectivity index (χ3n) is 2.22. The minimum atomic E-state index is -0.659. The number of nitrogen functional groups attached to an aromatic ring is 1. The van der Waals surface area contributed by atoms with Crippen LogP contribution >= 0.6 is 0 Å². The summed E-state index contributed by atoms with van der Waals surface area (Å²) < 4.78 is 0. The zero-order valence-electron chi connectivity index (χ0n) is 9.23. The number of hydrogen-bond acceptors (Lipinski definition) is 5. The molecular weight excluding hydrogens is 210 g/mol. The molecule has 1 aromatic rings. The highest BCUT2D eigenvalue weighted by Gasteiger charge is 2.19. The number of aliphatic hydroxyl groups is 1. The van der Waals surface area contributed by atoms with Crippen molar-refractivity contribution in [3.05, 3.63) is 33.4 Å². The fourth-order valence-electron chi connectivity index (χ4n) is 1.60. The maximum atomic E-state index is 10.9. The molecule has 0 spiro atoms. The number of hydrazine groups is 1. The second-order valence-corrected chi connectivity index (χ2v) is 3.76. The highest BCUT2D eigenvalue weighted by atomic mass is 16.6. The second kappa shape index (κ2) is 4.91. The maximum Gasteiger partial charge on any atom is 0.275 e. The van der Waals surface area contributed by atoms with Crippen molar-refractivity contribution in [3.8, 4) is 0 Å². The van der Waals surface area contributed by atoms with Crippen LogP contribution in [0.2, 0.25) is 0 Å². The van der Waals surface area contributed by atoms with E-state index in [1.54, 1.807) is 19.9 Å². The number of nitro groups is 1. The Labute approximate surface area is 93.2 Å². The lowest BCUT2D eigenvalue weighted by atomic mass is 10.0. The average Bonchev–Trinajstić information content (AvgIpc) is 2.19. The standard InChI is InChI=1S/C10H15N3O3/c1-6-3-9(12-11)8(5-7(2)14)10(4-6)13(15)16/h3-4,7,12,14H,5,11H2,1-2H3. The van der Waals surface area contributed by atoms with Crippen molar-refractivity contribution in [2.45, 2.75) is 26.4 Å². The SMILES string of the molecule is Cc1cc(NN)c(CC(C)O)c([N+](=O)[O-])c1. The summed E-state index contributed by atoms with van der Waals surface area (Å²) in [6.45, 7) is 3.32. The first-order valence-electron chi connectivity index (χ1n) is 4.88. The minimum absolute atomic E-state index is 0.0196. The Hall–Kier alpha value is -1.66. The van der Waals surface area contributed by atoms with Crippen LogP contribution in [0, 0.1) is 17.0 Å². The highest BCUT2D eigenvalue weighted by molar-refractivity contribution is 5.62. The van der Waals surface area contributed by atoms with Gasteiger partial charge in [-0.3, -0.25) is 16.0 Å². The van der Waals surface area contributed by atoms with E-state index < -0.39 is 11.0 Å². The molecule has 0 heterocycles. The van der Waals surface area contributed by atoms with E-state index in [-0.39, 0.29) is 12.1 Å². The molecule has 0 fully saturated rings. The number of rotatable bonds is 4. The van der Waals surface area contributed by atoms with Crippen LogP contribution in [0.4, 0.5) is 11.4 Å². The van der Waals surface area contributed by atoms with Gasteiger partial charge in [-0.05, 0) is 25.5 Å². The number of anilines is 1. The van der Waals surface area contributed by atoms with Gasteiger partial charge in [0, 0.05) is 12.5 Å². The van der Waals surface area contributed by atoms with Gasteiger partial charge in [-0.15, -0.1) is 0 Å². The van der Waals surface area contributed by atoms with Gasteiger partial charge in [0.1, 0.15) is 0 Å². The van der Waals surface area contributed by atoms with E-state index in [9.17, 15) is 15.2 Å². The number of benzene rings is 1. The first kappa shape index (κ1) is 12.4. The molecule has 0 saturated heterocycles. The molecule has 0 bridgehead atoms. The van der Waals surface area contributed by atoms with Crippen molar-refractivity contribution in [2.24, 2.45) is 5.84 Å². The Balaban J connectivity index is 3.33. The number of nitrogens with one attached hydrogen (secondary N) is 1. The number of hydrogen-bond donors (Lipinski definition) is 3. The van der Waals surface area contributed by atoms with Crippen LogP contribution in [0.5, 0.6) is 0 Å². The van der Waals surface area contributed by atoms with Gasteiger partial charge in [-0.1, -0.05) is 0 Å². The molecule has 0 aliphatic rings. The molecule has 4 N–H and O–H groups in total. The molecule has 1 rings (SSSR count). The van der Waals surface area contributed by atoms with Gasteiger partial charge in [0.15, 0.2) is 0 Å². The van der Waals surface area contributed by atoms with Gasteiger partial charge < -0.3 is 10.5 Å². The van der Waals surface area contributed by atoms with E-state index in [0.29, 0.717) is 11.3 Å². The van der Waals surface area contributed by atoms with E-state index in [4.69, 9.17) is 5.84 Å². The first-order chi connectivity index (χ1) is 7.45. The molecule has 1 unspecified atom stereocenters. The van der Waals surface area contributed by atoms with Crippen molar-refractivity contribution in [1.82, 2.24) is 0 Å². The van der Waals surface area contributed by atoms with Crippen LogP contribution in [-0.4, -0.2) is 16.1 Å². The molecule has 0 aromatic heterocycles. The van der Waals surface area contributed by atoms with Crippen molar-refractivity contribution in [3.63, 3.8) is 0 Å². The Morgan fingerprint density at radius 2 is 2.25 bits per heavy atom. The topological polar surface area (TPSA) is 101 Å². The summed E-state index contributed by atoms with van der Waals surface area (Å²) in [5.41, 5.74) is 4.05. The lowest BCUT2D eigenvalue weighted by Crippen LogP contribution is -2.14. The zero-order valence-corrected chi connectivity index (χ0v) is 9.23. The molecule has 16 heavy (non-hydrogen) atoms. The van der Waals surface area contributed by atoms with Gasteiger partial charge in [-0.25, -0.2) is 0 Å². The van der Waals surface area contributed by atoms with Crippen LogP contribution in [0.15, 0.2) is 12.1 Å². The van der Waals surface area contributed by atoms with Crippen LogP contribution < -0.4 is 11.3 Å². The summed E-state index contributed by atoms with van der Waals surface area (Å²) in [4.78, 5) is 10.4. The maximum absolute atomic E-state index is 10.9. The monoisotopic (exact) mass is 225 g/mol. The van der Waals surface area contributed by atoms with E-state index in [0.717, 1.165) is 5.56 Å². The third-order valence-corrected chi connectivity index (χ3v) is 2.22. The number of aliphatic hydroxyl groups excluding tert-OH is 1. The molecule has 0 aliphatic heterocycles. The number of nitro benzene ring substituents is 1. The van der Waals surface area contributed by atoms with Gasteiger partial charge in [0.2, 0.25) is 0 Å². The van der Waals surface area contributed by atoms with Crippen LogP contribution in [0.1, 0.15) is 18.1 Å². The van der Waals surface area contributed by atoms with E-state index >= 15 is 0 Å².